The van der Waals surface area contributed by atoms with E-state index in [2.05, 4.69) is 0 Å². The molecule has 1 heterocycles. The number of nitrogens with zero attached hydrogens (tertiary/aromatic N) is 1. The van der Waals surface area contributed by atoms with Gasteiger partial charge in [0.15, 0.2) is 0 Å². The van der Waals surface area contributed by atoms with Gasteiger partial charge in [0.05, 0.1) is 0 Å². The molecule has 18 heavy (non-hydrogen) atoms. The number of piperidine rings is 1. The molecule has 0 spiro atoms. The lowest BCUT2D eigenvalue weighted by atomic mass is 10.0. The average molecular weight is 256 g/mol. The van der Waals surface area contributed by atoms with Crippen molar-refractivity contribution >= 4 is 12.0 Å². The number of carbonyl (C=O) groups excluding carboxylic acids is 2. The highest BCUT2D eigenvalue weighted by molar-refractivity contribution is 5.87. The van der Waals surface area contributed by atoms with Gasteiger partial charge in [0.25, 0.3) is 5.91 Å². The van der Waals surface area contributed by atoms with Crippen LogP contribution < -0.4 is 5.48 Å². The molecule has 102 valence electrons. The molecular weight excluding hydrogens is 236 g/mol. The van der Waals surface area contributed by atoms with Crippen molar-refractivity contribution in [3.05, 3.63) is 11.6 Å². The molecule has 1 aliphatic heterocycles. The fourth-order valence-corrected chi connectivity index (χ4v) is 1.66. The summed E-state index contributed by atoms with van der Waals surface area (Å²) in [7, 11) is 0. The number of hydrogen-bond donors (Lipinski definition) is 2. The summed E-state index contributed by atoms with van der Waals surface area (Å²) in [6.07, 6.45) is 2.28. The van der Waals surface area contributed by atoms with E-state index in [9.17, 15) is 9.59 Å². The Bertz CT molecular complexity index is 348. The number of hydroxylamine groups is 1. The number of likely N-dealkylation sites (tertiary alicyclic amines) is 1. The molecule has 0 unspecified atom stereocenters. The second-order valence-electron chi connectivity index (χ2n) is 5.25. The Balaban J connectivity index is 2.47. The molecule has 0 aromatic carbocycles. The van der Waals surface area contributed by atoms with Crippen LogP contribution in [0.4, 0.5) is 4.79 Å². The minimum atomic E-state index is -0.532. The first kappa shape index (κ1) is 14.5. The zero-order valence-electron chi connectivity index (χ0n) is 11.0. The van der Waals surface area contributed by atoms with Gasteiger partial charge in [-0.2, -0.15) is 0 Å². The van der Waals surface area contributed by atoms with E-state index in [0.717, 1.165) is 5.57 Å². The van der Waals surface area contributed by atoms with Crippen LogP contribution in [-0.2, 0) is 9.53 Å². The van der Waals surface area contributed by atoms with Crippen molar-refractivity contribution in [3.63, 3.8) is 0 Å². The maximum absolute atomic E-state index is 11.8. The third-order valence-corrected chi connectivity index (χ3v) is 2.50. The van der Waals surface area contributed by atoms with E-state index in [-0.39, 0.29) is 6.09 Å². The smallest absolute Gasteiger partial charge is 0.410 e. The fraction of sp³-hybridized carbons (Fsp3) is 0.667. The molecule has 1 fully saturated rings. The number of rotatable bonds is 1. The molecule has 6 nitrogen and oxygen atoms in total. The summed E-state index contributed by atoms with van der Waals surface area (Å²) < 4.78 is 5.26. The summed E-state index contributed by atoms with van der Waals surface area (Å²) in [5.41, 5.74) is 1.98. The van der Waals surface area contributed by atoms with E-state index in [4.69, 9.17) is 9.94 Å². The highest BCUT2D eigenvalue weighted by Gasteiger charge is 2.24. The van der Waals surface area contributed by atoms with Crippen molar-refractivity contribution in [1.29, 1.82) is 0 Å². The molecule has 0 saturated carbocycles. The Kier molecular flexibility index (Phi) is 4.72. The van der Waals surface area contributed by atoms with Crippen molar-refractivity contribution in [3.8, 4) is 0 Å². The predicted octanol–water partition coefficient (Wildman–Crippen LogP) is 1.45. The summed E-state index contributed by atoms with van der Waals surface area (Å²) in [6, 6.07) is 0. The molecule has 1 rings (SSSR count). The Labute approximate surface area is 107 Å². The molecule has 2 N–H and O–H groups in total. The molecule has 0 radical (unpaired) electrons. The predicted molar refractivity (Wildman–Crippen MR) is 65.1 cm³/mol. The van der Waals surface area contributed by atoms with Crippen LogP contribution in [0.5, 0.6) is 0 Å². The normalized spacial score (nSPS) is 16.2. The first-order chi connectivity index (χ1) is 8.31. The van der Waals surface area contributed by atoms with Crippen LogP contribution in [0.3, 0.4) is 0 Å². The maximum Gasteiger partial charge on any atom is 0.410 e. The van der Waals surface area contributed by atoms with E-state index >= 15 is 0 Å². The summed E-state index contributed by atoms with van der Waals surface area (Å²) in [4.78, 5) is 24.3. The van der Waals surface area contributed by atoms with Crippen LogP contribution in [0.1, 0.15) is 33.6 Å². The average Bonchev–Trinajstić information content (AvgIpc) is 2.27. The summed E-state index contributed by atoms with van der Waals surface area (Å²) in [5, 5.41) is 8.40. The molecule has 0 aromatic rings. The second kappa shape index (κ2) is 5.86. The van der Waals surface area contributed by atoms with E-state index in [1.165, 1.54) is 6.08 Å². The molecule has 1 aliphatic rings. The highest BCUT2D eigenvalue weighted by atomic mass is 16.6. The lowest BCUT2D eigenvalue weighted by molar-refractivity contribution is -0.124. The molecular formula is C12H20N2O4. The monoisotopic (exact) mass is 256 g/mol. The van der Waals surface area contributed by atoms with E-state index in [1.807, 2.05) is 20.8 Å². The summed E-state index contributed by atoms with van der Waals surface area (Å²) >= 11 is 0. The fourth-order valence-electron chi connectivity index (χ4n) is 1.66. The van der Waals surface area contributed by atoms with E-state index in [1.54, 1.807) is 10.4 Å². The third-order valence-electron chi connectivity index (χ3n) is 2.50. The molecule has 6 heteroatoms. The maximum atomic E-state index is 11.8. The third kappa shape index (κ3) is 4.75. The zero-order chi connectivity index (χ0) is 13.8. The van der Waals surface area contributed by atoms with Crippen LogP contribution in [0.15, 0.2) is 11.6 Å². The highest BCUT2D eigenvalue weighted by Crippen LogP contribution is 2.18. The quantitative estimate of drug-likeness (QED) is 0.423. The number of hydrogen-bond acceptors (Lipinski definition) is 4. The van der Waals surface area contributed by atoms with Gasteiger partial charge in [-0.15, -0.1) is 0 Å². The SMILES string of the molecule is CC(C)(C)OC(=O)N1CCC(=CC(=O)NO)CC1. The van der Waals surface area contributed by atoms with Crippen LogP contribution in [0.25, 0.3) is 0 Å². The summed E-state index contributed by atoms with van der Waals surface area (Å²) in [5.74, 6) is -0.532. The van der Waals surface area contributed by atoms with Gasteiger partial charge in [0.2, 0.25) is 0 Å². The van der Waals surface area contributed by atoms with Crippen molar-refractivity contribution in [1.82, 2.24) is 10.4 Å². The lowest BCUT2D eigenvalue weighted by Crippen LogP contribution is -2.40. The number of nitrogens with one attached hydrogen (secondary N) is 1. The first-order valence-electron chi connectivity index (χ1n) is 5.93. The molecule has 2 amide bonds. The minimum absolute atomic E-state index is 0.326. The number of carbonyl (C=O) groups is 2. The first-order valence-corrected chi connectivity index (χ1v) is 5.93. The standard InChI is InChI=1S/C12H20N2O4/c1-12(2,3)18-11(16)14-6-4-9(5-7-14)8-10(15)13-17/h8,17H,4-7H2,1-3H3,(H,13,15). The Morgan fingerprint density at radius 1 is 1.33 bits per heavy atom. The van der Waals surface area contributed by atoms with Crippen LogP contribution in [-0.4, -0.2) is 40.8 Å². The lowest BCUT2D eigenvalue weighted by Gasteiger charge is -2.30. The van der Waals surface area contributed by atoms with Crippen molar-refractivity contribution < 1.29 is 19.5 Å². The minimum Gasteiger partial charge on any atom is -0.444 e. The van der Waals surface area contributed by atoms with Crippen LogP contribution >= 0.6 is 0 Å². The Morgan fingerprint density at radius 2 is 1.89 bits per heavy atom. The number of ether oxygens (including phenoxy) is 1. The second-order valence-corrected chi connectivity index (χ2v) is 5.25. The van der Waals surface area contributed by atoms with Crippen LogP contribution in [0, 0.1) is 0 Å². The van der Waals surface area contributed by atoms with Gasteiger partial charge in [-0.25, -0.2) is 10.3 Å². The van der Waals surface area contributed by atoms with Crippen molar-refractivity contribution in [2.24, 2.45) is 0 Å². The largest absolute Gasteiger partial charge is 0.444 e. The van der Waals surface area contributed by atoms with Crippen molar-refractivity contribution in [2.45, 2.75) is 39.2 Å². The molecule has 0 bridgehead atoms. The van der Waals surface area contributed by atoms with E-state index < -0.39 is 11.5 Å². The molecule has 0 atom stereocenters. The van der Waals surface area contributed by atoms with Gasteiger partial charge in [-0.3, -0.25) is 10.0 Å². The van der Waals surface area contributed by atoms with Crippen molar-refractivity contribution in [2.75, 3.05) is 13.1 Å². The molecule has 1 saturated heterocycles. The topological polar surface area (TPSA) is 78.9 Å². The number of amides is 2. The van der Waals surface area contributed by atoms with Gasteiger partial charge in [-0.05, 0) is 33.6 Å². The van der Waals surface area contributed by atoms with Crippen LogP contribution in [0.2, 0.25) is 0 Å². The van der Waals surface area contributed by atoms with Gasteiger partial charge in [0.1, 0.15) is 5.60 Å². The zero-order valence-corrected chi connectivity index (χ0v) is 11.0. The van der Waals surface area contributed by atoms with Gasteiger partial charge in [0, 0.05) is 19.2 Å². The molecule has 0 aliphatic carbocycles. The van der Waals surface area contributed by atoms with Gasteiger partial charge >= 0.3 is 6.09 Å². The summed E-state index contributed by atoms with van der Waals surface area (Å²) in [6.45, 7) is 6.53. The molecule has 0 aromatic heterocycles. The van der Waals surface area contributed by atoms with Gasteiger partial charge < -0.3 is 9.64 Å². The van der Waals surface area contributed by atoms with Gasteiger partial charge in [-0.1, -0.05) is 5.57 Å². The Morgan fingerprint density at radius 3 is 2.33 bits per heavy atom. The van der Waals surface area contributed by atoms with E-state index in [0.29, 0.717) is 25.9 Å². The Hall–Kier alpha value is -1.56.